The minimum atomic E-state index is -0.0688. The molecule has 0 saturated heterocycles. The molecule has 0 amide bonds. The van der Waals surface area contributed by atoms with Gasteiger partial charge in [-0.2, -0.15) is 9.97 Å². The second-order valence-electron chi connectivity index (χ2n) is 4.01. The third-order valence-corrected chi connectivity index (χ3v) is 3.29. The maximum absolute atomic E-state index is 5.82. The molecule has 0 aliphatic carbocycles. The predicted octanol–water partition coefficient (Wildman–Crippen LogP) is 4.63. The van der Waals surface area contributed by atoms with Crippen molar-refractivity contribution < 1.29 is 9.47 Å². The van der Waals surface area contributed by atoms with Crippen LogP contribution in [0.4, 0.5) is 0 Å². The van der Waals surface area contributed by atoms with Crippen LogP contribution in [0.3, 0.4) is 0 Å². The Bertz CT molecular complexity index is 626. The first kappa shape index (κ1) is 15.5. The highest BCUT2D eigenvalue weighted by Gasteiger charge is 2.11. The van der Waals surface area contributed by atoms with Crippen LogP contribution >= 0.6 is 43.5 Å². The zero-order chi connectivity index (χ0) is 14.7. The molecular formula is C12H10Br2ClN3O2. The lowest BCUT2D eigenvalue weighted by atomic mass is 10.3. The average Bonchev–Trinajstić information content (AvgIpc) is 2.31. The molecule has 0 aliphatic heterocycles. The Morgan fingerprint density at radius 1 is 1.10 bits per heavy atom. The molecule has 8 heteroatoms. The number of hydrogen-bond acceptors (Lipinski definition) is 5. The number of rotatable bonds is 4. The van der Waals surface area contributed by atoms with Crippen molar-refractivity contribution in [2.75, 3.05) is 0 Å². The van der Waals surface area contributed by atoms with Crippen molar-refractivity contribution in [3.05, 3.63) is 32.4 Å². The lowest BCUT2D eigenvalue weighted by Crippen LogP contribution is -2.09. The molecule has 106 valence electrons. The summed E-state index contributed by atoms with van der Waals surface area (Å²) in [6.07, 6.45) is -0.0688. The highest BCUT2D eigenvalue weighted by Crippen LogP contribution is 2.31. The Morgan fingerprint density at radius 2 is 1.80 bits per heavy atom. The maximum atomic E-state index is 5.82. The van der Waals surface area contributed by atoms with Gasteiger partial charge in [-0.25, -0.2) is 0 Å². The molecule has 0 bridgehead atoms. The van der Waals surface area contributed by atoms with Crippen molar-refractivity contribution in [1.82, 2.24) is 15.0 Å². The fourth-order valence-corrected chi connectivity index (χ4v) is 2.55. The SMILES string of the molecule is CC(C)Oc1nc(Cl)nc(Oc2ccc(Br)cc2Br)n1. The molecule has 1 aromatic heterocycles. The number of aromatic nitrogens is 3. The first-order chi connectivity index (χ1) is 9.44. The molecule has 0 saturated carbocycles. The van der Waals surface area contributed by atoms with E-state index in [0.717, 1.165) is 8.95 Å². The number of benzene rings is 1. The summed E-state index contributed by atoms with van der Waals surface area (Å²) >= 11 is 12.6. The zero-order valence-electron chi connectivity index (χ0n) is 10.6. The highest BCUT2D eigenvalue weighted by molar-refractivity contribution is 9.11. The van der Waals surface area contributed by atoms with E-state index in [-0.39, 0.29) is 23.4 Å². The number of hydrogen-bond donors (Lipinski definition) is 0. The lowest BCUT2D eigenvalue weighted by molar-refractivity contribution is 0.218. The second kappa shape index (κ2) is 6.69. The Labute approximate surface area is 138 Å². The van der Waals surface area contributed by atoms with Gasteiger partial charge in [0.2, 0.25) is 5.28 Å². The van der Waals surface area contributed by atoms with Gasteiger partial charge >= 0.3 is 12.0 Å². The second-order valence-corrected chi connectivity index (χ2v) is 6.12. The van der Waals surface area contributed by atoms with Gasteiger partial charge in [0.15, 0.2) is 0 Å². The molecule has 0 unspecified atom stereocenters. The van der Waals surface area contributed by atoms with Crippen molar-refractivity contribution >= 4 is 43.5 Å². The molecule has 2 rings (SSSR count). The molecular weight excluding hydrogens is 413 g/mol. The number of halogens is 3. The summed E-state index contributed by atoms with van der Waals surface area (Å²) in [5.41, 5.74) is 0. The summed E-state index contributed by atoms with van der Waals surface area (Å²) in [5, 5.41) is 0.0129. The van der Waals surface area contributed by atoms with Crippen LogP contribution in [0.5, 0.6) is 17.8 Å². The van der Waals surface area contributed by atoms with Crippen LogP contribution in [0.25, 0.3) is 0 Å². The summed E-state index contributed by atoms with van der Waals surface area (Å²) in [5.74, 6) is 0.561. The van der Waals surface area contributed by atoms with Gasteiger partial charge in [0.1, 0.15) is 5.75 Å². The van der Waals surface area contributed by atoms with E-state index in [4.69, 9.17) is 21.1 Å². The predicted molar refractivity (Wildman–Crippen MR) is 82.5 cm³/mol. The van der Waals surface area contributed by atoms with Gasteiger partial charge in [-0.05, 0) is 59.6 Å². The lowest BCUT2D eigenvalue weighted by Gasteiger charge is -2.10. The normalized spacial score (nSPS) is 10.7. The van der Waals surface area contributed by atoms with E-state index < -0.39 is 0 Å². The van der Waals surface area contributed by atoms with Crippen molar-refractivity contribution in [3.63, 3.8) is 0 Å². The Kier molecular flexibility index (Phi) is 5.17. The van der Waals surface area contributed by atoms with Crippen LogP contribution in [0.15, 0.2) is 27.1 Å². The first-order valence-electron chi connectivity index (χ1n) is 5.65. The summed E-state index contributed by atoms with van der Waals surface area (Å²) in [4.78, 5) is 11.8. The van der Waals surface area contributed by atoms with Crippen molar-refractivity contribution in [3.8, 4) is 17.8 Å². The highest BCUT2D eigenvalue weighted by atomic mass is 79.9. The van der Waals surface area contributed by atoms with E-state index in [9.17, 15) is 0 Å². The fourth-order valence-electron chi connectivity index (χ4n) is 1.28. The standard InChI is InChI=1S/C12H10Br2ClN3O2/c1-6(2)19-11-16-10(15)17-12(18-11)20-9-4-3-7(13)5-8(9)14/h3-6H,1-2H3. The molecule has 20 heavy (non-hydrogen) atoms. The van der Waals surface area contributed by atoms with Crippen molar-refractivity contribution in [2.24, 2.45) is 0 Å². The molecule has 0 aliphatic rings. The van der Waals surface area contributed by atoms with Crippen LogP contribution < -0.4 is 9.47 Å². The van der Waals surface area contributed by atoms with Gasteiger partial charge in [-0.15, -0.1) is 4.98 Å². The van der Waals surface area contributed by atoms with Gasteiger partial charge in [-0.1, -0.05) is 15.9 Å². The number of nitrogens with zero attached hydrogens (tertiary/aromatic N) is 3. The van der Waals surface area contributed by atoms with Gasteiger partial charge in [0.05, 0.1) is 10.6 Å². The minimum Gasteiger partial charge on any atom is -0.461 e. The molecule has 0 N–H and O–H groups in total. The zero-order valence-corrected chi connectivity index (χ0v) is 14.5. The molecule has 0 radical (unpaired) electrons. The van der Waals surface area contributed by atoms with Gasteiger partial charge in [0.25, 0.3) is 0 Å². The van der Waals surface area contributed by atoms with E-state index in [1.54, 1.807) is 6.07 Å². The summed E-state index contributed by atoms with van der Waals surface area (Å²) in [6.45, 7) is 3.73. The van der Waals surface area contributed by atoms with Crippen LogP contribution in [0, 0.1) is 0 Å². The molecule has 0 atom stereocenters. The Hall–Kier alpha value is -0.920. The average molecular weight is 423 g/mol. The topological polar surface area (TPSA) is 57.1 Å². The molecule has 0 spiro atoms. The largest absolute Gasteiger partial charge is 0.461 e. The van der Waals surface area contributed by atoms with E-state index in [1.165, 1.54) is 0 Å². The van der Waals surface area contributed by atoms with E-state index in [0.29, 0.717) is 5.75 Å². The molecule has 1 heterocycles. The first-order valence-corrected chi connectivity index (χ1v) is 7.61. The van der Waals surface area contributed by atoms with Crippen LogP contribution in [-0.4, -0.2) is 21.1 Å². The third kappa shape index (κ3) is 4.29. The molecule has 0 fully saturated rings. The van der Waals surface area contributed by atoms with E-state index in [1.807, 2.05) is 26.0 Å². The molecule has 2 aromatic rings. The Morgan fingerprint density at radius 3 is 2.45 bits per heavy atom. The van der Waals surface area contributed by atoms with E-state index in [2.05, 4.69) is 46.8 Å². The van der Waals surface area contributed by atoms with Crippen LogP contribution in [0.1, 0.15) is 13.8 Å². The smallest absolute Gasteiger partial charge is 0.329 e. The van der Waals surface area contributed by atoms with Gasteiger partial charge in [-0.3, -0.25) is 0 Å². The monoisotopic (exact) mass is 421 g/mol. The van der Waals surface area contributed by atoms with Crippen LogP contribution in [0.2, 0.25) is 5.28 Å². The minimum absolute atomic E-state index is 0.0129. The molecule has 1 aromatic carbocycles. The Balaban J connectivity index is 2.26. The quantitative estimate of drug-likeness (QED) is 0.718. The number of ether oxygens (including phenoxy) is 2. The third-order valence-electron chi connectivity index (χ3n) is 2.00. The van der Waals surface area contributed by atoms with E-state index >= 15 is 0 Å². The molecule has 5 nitrogen and oxygen atoms in total. The fraction of sp³-hybridized carbons (Fsp3) is 0.250. The van der Waals surface area contributed by atoms with Gasteiger partial charge in [0, 0.05) is 4.47 Å². The van der Waals surface area contributed by atoms with Crippen LogP contribution in [-0.2, 0) is 0 Å². The summed E-state index contributed by atoms with van der Waals surface area (Å²) < 4.78 is 12.6. The maximum Gasteiger partial charge on any atom is 0.329 e. The van der Waals surface area contributed by atoms with Gasteiger partial charge < -0.3 is 9.47 Å². The summed E-state index contributed by atoms with van der Waals surface area (Å²) in [6, 6.07) is 5.67. The van der Waals surface area contributed by atoms with Crippen molar-refractivity contribution in [2.45, 2.75) is 20.0 Å². The summed E-state index contributed by atoms with van der Waals surface area (Å²) in [7, 11) is 0. The van der Waals surface area contributed by atoms with Crippen molar-refractivity contribution in [1.29, 1.82) is 0 Å².